The van der Waals surface area contributed by atoms with E-state index in [0.717, 1.165) is 11.0 Å². The van der Waals surface area contributed by atoms with Crippen LogP contribution >= 0.6 is 27.3 Å². The lowest BCUT2D eigenvalue weighted by Gasteiger charge is -2.08. The highest BCUT2D eigenvalue weighted by Gasteiger charge is 2.00. The first-order valence-electron chi connectivity index (χ1n) is 3.79. The van der Waals surface area contributed by atoms with E-state index in [1.807, 2.05) is 6.92 Å². The number of aliphatic hydroxyl groups is 1. The second-order valence-corrected chi connectivity index (χ2v) is 4.61. The molecular formula is C8H12BrNOS. The topological polar surface area (TPSA) is 32.3 Å². The largest absolute Gasteiger partial charge is 0.395 e. The number of halogens is 1. The van der Waals surface area contributed by atoms with Crippen molar-refractivity contribution in [1.82, 2.24) is 5.32 Å². The van der Waals surface area contributed by atoms with Gasteiger partial charge in [0.2, 0.25) is 0 Å². The minimum Gasteiger partial charge on any atom is -0.395 e. The molecule has 0 aromatic carbocycles. The number of hydrogen-bond donors (Lipinski definition) is 2. The highest BCUT2D eigenvalue weighted by molar-refractivity contribution is 9.10. The molecule has 1 aromatic heterocycles. The second kappa shape index (κ2) is 4.97. The molecular weight excluding hydrogens is 238 g/mol. The van der Waals surface area contributed by atoms with E-state index in [1.54, 1.807) is 11.3 Å². The van der Waals surface area contributed by atoms with Crippen molar-refractivity contribution < 1.29 is 5.11 Å². The van der Waals surface area contributed by atoms with Gasteiger partial charge in [-0.15, -0.1) is 11.3 Å². The number of aliphatic hydroxyl groups excluding tert-OH is 1. The summed E-state index contributed by atoms with van der Waals surface area (Å²) in [5, 5.41) is 14.0. The molecule has 0 saturated carbocycles. The highest BCUT2D eigenvalue weighted by Crippen LogP contribution is 2.19. The Labute approximate surface area is 84.7 Å². The third-order valence-electron chi connectivity index (χ3n) is 1.52. The molecule has 0 saturated heterocycles. The zero-order chi connectivity index (χ0) is 8.97. The van der Waals surface area contributed by atoms with E-state index in [2.05, 4.69) is 32.7 Å². The van der Waals surface area contributed by atoms with Gasteiger partial charge in [0.1, 0.15) is 0 Å². The van der Waals surface area contributed by atoms with Gasteiger partial charge in [0, 0.05) is 27.3 Å². The standard InChI is InChI=1S/C8H12BrNOS/c1-6(4-11)10-3-8-2-7(9)5-12-8/h2,5-6,10-11H,3-4H2,1H3/t6-/m0/s1. The van der Waals surface area contributed by atoms with Crippen LogP contribution in [0, 0.1) is 0 Å². The van der Waals surface area contributed by atoms with Gasteiger partial charge in [0.25, 0.3) is 0 Å². The fraction of sp³-hybridized carbons (Fsp3) is 0.500. The van der Waals surface area contributed by atoms with Gasteiger partial charge in [-0.25, -0.2) is 0 Å². The Morgan fingerprint density at radius 2 is 2.50 bits per heavy atom. The molecule has 2 nitrogen and oxygen atoms in total. The molecule has 1 heterocycles. The fourth-order valence-corrected chi connectivity index (χ4v) is 2.19. The Hall–Kier alpha value is 0.1000. The summed E-state index contributed by atoms with van der Waals surface area (Å²) in [5.41, 5.74) is 0. The van der Waals surface area contributed by atoms with Gasteiger partial charge >= 0.3 is 0 Å². The lowest BCUT2D eigenvalue weighted by molar-refractivity contribution is 0.251. The molecule has 0 aliphatic carbocycles. The fourth-order valence-electron chi connectivity index (χ4n) is 0.786. The monoisotopic (exact) mass is 249 g/mol. The quantitative estimate of drug-likeness (QED) is 0.856. The zero-order valence-electron chi connectivity index (χ0n) is 6.88. The molecule has 1 atom stereocenters. The molecule has 0 amide bonds. The van der Waals surface area contributed by atoms with Crippen molar-refractivity contribution in [3.05, 3.63) is 20.8 Å². The predicted molar refractivity (Wildman–Crippen MR) is 55.4 cm³/mol. The molecule has 0 spiro atoms. The molecule has 0 radical (unpaired) electrons. The Morgan fingerprint density at radius 3 is 3.00 bits per heavy atom. The summed E-state index contributed by atoms with van der Waals surface area (Å²) in [7, 11) is 0. The van der Waals surface area contributed by atoms with Gasteiger partial charge in [-0.3, -0.25) is 0 Å². The molecule has 0 fully saturated rings. The Balaban J connectivity index is 2.33. The van der Waals surface area contributed by atoms with E-state index in [0.29, 0.717) is 0 Å². The summed E-state index contributed by atoms with van der Waals surface area (Å²) >= 11 is 5.10. The maximum atomic E-state index is 8.75. The van der Waals surface area contributed by atoms with Crippen LogP contribution in [0.2, 0.25) is 0 Å². The maximum absolute atomic E-state index is 8.75. The Kier molecular flexibility index (Phi) is 4.21. The van der Waals surface area contributed by atoms with Crippen molar-refractivity contribution in [2.24, 2.45) is 0 Å². The molecule has 1 rings (SSSR count). The van der Waals surface area contributed by atoms with Gasteiger partial charge in [0.15, 0.2) is 0 Å². The second-order valence-electron chi connectivity index (χ2n) is 2.70. The van der Waals surface area contributed by atoms with Crippen molar-refractivity contribution in [3.63, 3.8) is 0 Å². The van der Waals surface area contributed by atoms with Crippen molar-refractivity contribution in [2.45, 2.75) is 19.5 Å². The first-order valence-corrected chi connectivity index (χ1v) is 5.47. The van der Waals surface area contributed by atoms with Gasteiger partial charge < -0.3 is 10.4 Å². The molecule has 0 unspecified atom stereocenters. The first kappa shape index (κ1) is 10.2. The third kappa shape index (κ3) is 3.23. The molecule has 1 aromatic rings. The molecule has 0 aliphatic rings. The van der Waals surface area contributed by atoms with E-state index in [9.17, 15) is 0 Å². The smallest absolute Gasteiger partial charge is 0.0582 e. The van der Waals surface area contributed by atoms with E-state index in [1.165, 1.54) is 4.88 Å². The molecule has 0 bridgehead atoms. The predicted octanol–water partition coefficient (Wildman–Crippen LogP) is 1.98. The van der Waals surface area contributed by atoms with Crippen molar-refractivity contribution >= 4 is 27.3 Å². The van der Waals surface area contributed by atoms with Crippen molar-refractivity contribution in [1.29, 1.82) is 0 Å². The molecule has 2 N–H and O–H groups in total. The van der Waals surface area contributed by atoms with Gasteiger partial charge in [-0.05, 0) is 28.9 Å². The lowest BCUT2D eigenvalue weighted by Crippen LogP contribution is -2.28. The first-order chi connectivity index (χ1) is 5.72. The van der Waals surface area contributed by atoms with Crippen LogP contribution in [0.15, 0.2) is 15.9 Å². The SMILES string of the molecule is C[C@@H](CO)NCc1cc(Br)cs1. The number of hydrogen-bond acceptors (Lipinski definition) is 3. The molecule has 0 aliphatic heterocycles. The zero-order valence-corrected chi connectivity index (χ0v) is 9.28. The Morgan fingerprint density at radius 1 is 1.75 bits per heavy atom. The van der Waals surface area contributed by atoms with Gasteiger partial charge in [-0.2, -0.15) is 0 Å². The summed E-state index contributed by atoms with van der Waals surface area (Å²) < 4.78 is 1.13. The van der Waals surface area contributed by atoms with Crippen LogP contribution in [0.5, 0.6) is 0 Å². The van der Waals surface area contributed by atoms with Crippen LogP contribution in [0.1, 0.15) is 11.8 Å². The summed E-state index contributed by atoms with van der Waals surface area (Å²) in [4.78, 5) is 1.28. The summed E-state index contributed by atoms with van der Waals surface area (Å²) in [6.07, 6.45) is 0. The minimum absolute atomic E-state index is 0.172. The van der Waals surface area contributed by atoms with Crippen LogP contribution in [0.4, 0.5) is 0 Å². The average molecular weight is 250 g/mol. The summed E-state index contributed by atoms with van der Waals surface area (Å²) in [6, 6.07) is 2.26. The molecule has 68 valence electrons. The molecule has 12 heavy (non-hydrogen) atoms. The van der Waals surface area contributed by atoms with Crippen LogP contribution < -0.4 is 5.32 Å². The van der Waals surface area contributed by atoms with Crippen molar-refractivity contribution in [2.75, 3.05) is 6.61 Å². The summed E-state index contributed by atoms with van der Waals surface area (Å²) in [6.45, 7) is 2.98. The highest BCUT2D eigenvalue weighted by atomic mass is 79.9. The van der Waals surface area contributed by atoms with E-state index >= 15 is 0 Å². The third-order valence-corrected chi connectivity index (χ3v) is 3.22. The van der Waals surface area contributed by atoms with E-state index in [4.69, 9.17) is 5.11 Å². The lowest BCUT2D eigenvalue weighted by atomic mass is 10.3. The normalized spacial score (nSPS) is 13.2. The van der Waals surface area contributed by atoms with Crippen molar-refractivity contribution in [3.8, 4) is 0 Å². The van der Waals surface area contributed by atoms with Crippen LogP contribution in [-0.2, 0) is 6.54 Å². The summed E-state index contributed by atoms with van der Waals surface area (Å²) in [5.74, 6) is 0. The van der Waals surface area contributed by atoms with Gasteiger partial charge in [0.05, 0.1) is 6.61 Å². The maximum Gasteiger partial charge on any atom is 0.0582 e. The average Bonchev–Trinajstić information content (AvgIpc) is 2.47. The number of thiophene rings is 1. The minimum atomic E-state index is 0.172. The van der Waals surface area contributed by atoms with Crippen LogP contribution in [0.25, 0.3) is 0 Å². The van der Waals surface area contributed by atoms with Crippen LogP contribution in [0.3, 0.4) is 0 Å². The van der Waals surface area contributed by atoms with Crippen LogP contribution in [-0.4, -0.2) is 17.8 Å². The number of nitrogens with one attached hydrogen (secondary N) is 1. The van der Waals surface area contributed by atoms with Gasteiger partial charge in [-0.1, -0.05) is 0 Å². The number of rotatable bonds is 4. The molecule has 4 heteroatoms. The van der Waals surface area contributed by atoms with E-state index in [-0.39, 0.29) is 12.6 Å². The Bertz CT molecular complexity index is 239. The van der Waals surface area contributed by atoms with E-state index < -0.39 is 0 Å².